The predicted molar refractivity (Wildman–Crippen MR) is 203 cm³/mol. The Balaban J connectivity index is 1.18. The highest BCUT2D eigenvalue weighted by Gasteiger charge is 2.19. The van der Waals surface area contributed by atoms with Crippen molar-refractivity contribution < 1.29 is 4.42 Å². The van der Waals surface area contributed by atoms with Crippen LogP contribution in [0.5, 0.6) is 0 Å². The van der Waals surface area contributed by atoms with Crippen molar-refractivity contribution in [2.24, 2.45) is 0 Å². The zero-order chi connectivity index (χ0) is 32.3. The summed E-state index contributed by atoms with van der Waals surface area (Å²) in [6.45, 7) is 0. The van der Waals surface area contributed by atoms with Crippen molar-refractivity contribution in [2.45, 2.75) is 0 Å². The lowest BCUT2D eigenvalue weighted by Crippen LogP contribution is -2.09. The molecule has 4 heteroatoms. The first-order chi connectivity index (χ1) is 24.3. The maximum Gasteiger partial charge on any atom is 0.144 e. The molecular formula is C45H29N3O. The van der Waals surface area contributed by atoms with Gasteiger partial charge >= 0.3 is 0 Å². The fourth-order valence-electron chi connectivity index (χ4n) is 7.35. The molecule has 0 aliphatic rings. The Kier molecular flexibility index (Phi) is 6.15. The maximum absolute atomic E-state index is 6.62. The largest absolute Gasteiger partial charge is 0.455 e. The molecule has 10 aromatic rings. The minimum Gasteiger partial charge on any atom is -0.455 e. The van der Waals surface area contributed by atoms with Gasteiger partial charge in [-0.3, -0.25) is 4.98 Å². The van der Waals surface area contributed by atoms with E-state index >= 15 is 0 Å². The van der Waals surface area contributed by atoms with E-state index in [0.717, 1.165) is 55.6 Å². The fourth-order valence-corrected chi connectivity index (χ4v) is 7.35. The van der Waals surface area contributed by atoms with Crippen molar-refractivity contribution in [3.05, 3.63) is 176 Å². The molecule has 49 heavy (non-hydrogen) atoms. The summed E-state index contributed by atoms with van der Waals surface area (Å²) >= 11 is 0. The van der Waals surface area contributed by atoms with E-state index in [1.54, 1.807) is 0 Å². The number of para-hydroxylation sites is 2. The summed E-state index contributed by atoms with van der Waals surface area (Å²) in [4.78, 5) is 6.88. The second kappa shape index (κ2) is 11.0. The summed E-state index contributed by atoms with van der Waals surface area (Å²) < 4.78 is 8.97. The van der Waals surface area contributed by atoms with Crippen LogP contribution in [0, 0.1) is 0 Å². The third-order valence-corrected chi connectivity index (χ3v) is 9.62. The number of rotatable bonds is 5. The zero-order valence-electron chi connectivity index (χ0n) is 26.5. The van der Waals surface area contributed by atoms with Gasteiger partial charge in [-0.05, 0) is 96.1 Å². The number of aromatic nitrogens is 2. The summed E-state index contributed by atoms with van der Waals surface area (Å²) in [5.41, 5.74) is 11.7. The van der Waals surface area contributed by atoms with Gasteiger partial charge in [-0.2, -0.15) is 0 Å². The third kappa shape index (κ3) is 4.42. The SMILES string of the molecule is c1ccc(-c2ccc(N(c3ccc4c(c3)oc3c5cccnc5ccc43)c3ccc4c(c3)c3ccccc3n4-c3ccccc3)cc2)cc1. The van der Waals surface area contributed by atoms with Gasteiger partial charge in [-0.25, -0.2) is 0 Å². The van der Waals surface area contributed by atoms with Crippen LogP contribution in [-0.4, -0.2) is 9.55 Å². The summed E-state index contributed by atoms with van der Waals surface area (Å²) in [7, 11) is 0. The number of benzene rings is 7. The average Bonchev–Trinajstić information content (AvgIpc) is 3.71. The highest BCUT2D eigenvalue weighted by atomic mass is 16.3. The molecule has 0 unspecified atom stereocenters. The van der Waals surface area contributed by atoms with Gasteiger partial charge in [0.25, 0.3) is 0 Å². The Labute approximate surface area is 282 Å². The van der Waals surface area contributed by atoms with Crippen molar-refractivity contribution in [2.75, 3.05) is 4.90 Å². The lowest BCUT2D eigenvalue weighted by molar-refractivity contribution is 0.672. The smallest absolute Gasteiger partial charge is 0.144 e. The summed E-state index contributed by atoms with van der Waals surface area (Å²) in [6.07, 6.45) is 1.82. The van der Waals surface area contributed by atoms with Gasteiger partial charge in [0.15, 0.2) is 0 Å². The summed E-state index contributed by atoms with van der Waals surface area (Å²) in [6, 6.07) is 60.2. The van der Waals surface area contributed by atoms with Gasteiger partial charge < -0.3 is 13.9 Å². The van der Waals surface area contributed by atoms with Crippen LogP contribution < -0.4 is 4.90 Å². The third-order valence-electron chi connectivity index (χ3n) is 9.62. The highest BCUT2D eigenvalue weighted by Crippen LogP contribution is 2.42. The first kappa shape index (κ1) is 27.5. The molecule has 7 aromatic carbocycles. The first-order valence-electron chi connectivity index (χ1n) is 16.5. The fraction of sp³-hybridized carbons (Fsp3) is 0. The second-order valence-electron chi connectivity index (χ2n) is 12.4. The molecule has 230 valence electrons. The topological polar surface area (TPSA) is 34.2 Å². The molecule has 0 saturated heterocycles. The Morgan fingerprint density at radius 2 is 1.10 bits per heavy atom. The molecule has 0 aliphatic heterocycles. The van der Waals surface area contributed by atoms with E-state index in [0.29, 0.717) is 0 Å². The Morgan fingerprint density at radius 3 is 1.96 bits per heavy atom. The molecule has 0 radical (unpaired) electrons. The normalized spacial score (nSPS) is 11.7. The Bertz CT molecular complexity index is 2820. The van der Waals surface area contributed by atoms with E-state index in [4.69, 9.17) is 4.42 Å². The van der Waals surface area contributed by atoms with Crippen LogP contribution in [0.4, 0.5) is 17.1 Å². The quantitative estimate of drug-likeness (QED) is 0.190. The molecule has 4 nitrogen and oxygen atoms in total. The van der Waals surface area contributed by atoms with Crippen LogP contribution in [0.3, 0.4) is 0 Å². The van der Waals surface area contributed by atoms with E-state index < -0.39 is 0 Å². The number of pyridine rings is 1. The second-order valence-corrected chi connectivity index (χ2v) is 12.4. The first-order valence-corrected chi connectivity index (χ1v) is 16.5. The molecule has 3 heterocycles. The van der Waals surface area contributed by atoms with E-state index in [1.165, 1.54) is 32.9 Å². The van der Waals surface area contributed by atoms with Gasteiger partial charge in [0, 0.05) is 61.9 Å². The Hall–Kier alpha value is -6.65. The van der Waals surface area contributed by atoms with Gasteiger partial charge in [0.1, 0.15) is 11.2 Å². The van der Waals surface area contributed by atoms with Crippen LogP contribution in [0.25, 0.3) is 71.5 Å². The van der Waals surface area contributed by atoms with E-state index in [2.05, 4.69) is 178 Å². The number of fused-ring (bicyclic) bond motifs is 8. The van der Waals surface area contributed by atoms with Crippen LogP contribution in [0.1, 0.15) is 0 Å². The molecule has 0 aliphatic carbocycles. The van der Waals surface area contributed by atoms with Crippen molar-refractivity contribution >= 4 is 71.7 Å². The number of hydrogen-bond donors (Lipinski definition) is 0. The summed E-state index contributed by atoms with van der Waals surface area (Å²) in [5, 5.41) is 5.62. The Morgan fingerprint density at radius 1 is 0.449 bits per heavy atom. The molecule has 0 saturated carbocycles. The minimum atomic E-state index is 0.844. The molecule has 0 fully saturated rings. The van der Waals surface area contributed by atoms with Crippen LogP contribution in [0.2, 0.25) is 0 Å². The predicted octanol–water partition coefficient (Wildman–Crippen LogP) is 12.4. The molecule has 0 amide bonds. The van der Waals surface area contributed by atoms with Gasteiger partial charge in [-0.15, -0.1) is 0 Å². The zero-order valence-corrected chi connectivity index (χ0v) is 26.5. The summed E-state index contributed by atoms with van der Waals surface area (Å²) in [5.74, 6) is 0. The number of hydrogen-bond acceptors (Lipinski definition) is 3. The van der Waals surface area contributed by atoms with Gasteiger partial charge in [0.2, 0.25) is 0 Å². The van der Waals surface area contributed by atoms with Gasteiger partial charge in [-0.1, -0.05) is 78.9 Å². The number of nitrogens with zero attached hydrogens (tertiary/aromatic N) is 3. The van der Waals surface area contributed by atoms with Crippen LogP contribution >= 0.6 is 0 Å². The number of furan rings is 1. The highest BCUT2D eigenvalue weighted by molar-refractivity contribution is 6.15. The van der Waals surface area contributed by atoms with E-state index in [-0.39, 0.29) is 0 Å². The van der Waals surface area contributed by atoms with Crippen molar-refractivity contribution in [3.8, 4) is 16.8 Å². The number of anilines is 3. The molecule has 0 bridgehead atoms. The standard InChI is InChI=1S/C45H29N3O/c1-3-10-30(11-4-1)31-17-19-33(20-18-31)47(35-21-23-37-38-24-25-41-39(15-9-27-46-41)45(38)49-44(37)29-35)34-22-26-43-40(28-34)36-14-7-8-16-42(36)48(43)32-12-5-2-6-13-32/h1-29H. The van der Waals surface area contributed by atoms with Gasteiger partial charge in [0.05, 0.1) is 16.6 Å². The monoisotopic (exact) mass is 627 g/mol. The van der Waals surface area contributed by atoms with Crippen molar-refractivity contribution in [3.63, 3.8) is 0 Å². The minimum absolute atomic E-state index is 0.844. The molecule has 10 rings (SSSR count). The molecule has 0 spiro atoms. The molecule has 0 N–H and O–H groups in total. The van der Waals surface area contributed by atoms with E-state index in [1.807, 2.05) is 12.3 Å². The van der Waals surface area contributed by atoms with Crippen LogP contribution in [0.15, 0.2) is 180 Å². The van der Waals surface area contributed by atoms with Crippen molar-refractivity contribution in [1.29, 1.82) is 0 Å². The molecule has 0 atom stereocenters. The maximum atomic E-state index is 6.62. The molecular weight excluding hydrogens is 599 g/mol. The lowest BCUT2D eigenvalue weighted by atomic mass is 10.0. The van der Waals surface area contributed by atoms with E-state index in [9.17, 15) is 0 Å². The van der Waals surface area contributed by atoms with Crippen molar-refractivity contribution in [1.82, 2.24) is 9.55 Å². The lowest BCUT2D eigenvalue weighted by Gasteiger charge is -2.26. The molecule has 3 aromatic heterocycles. The average molecular weight is 628 g/mol. The van der Waals surface area contributed by atoms with Crippen LogP contribution in [-0.2, 0) is 0 Å².